The molecule has 228 valence electrons. The van der Waals surface area contributed by atoms with Gasteiger partial charge >= 0.3 is 0 Å². The first-order valence-electron chi connectivity index (χ1n) is 16.1. The van der Waals surface area contributed by atoms with Crippen molar-refractivity contribution >= 4 is 23.4 Å². The molecule has 1 aromatic rings. The fraction of sp³-hybridized carbons (Fsp3) is 0.667. The van der Waals surface area contributed by atoms with Crippen LogP contribution in [0.4, 0.5) is 5.69 Å². The highest BCUT2D eigenvalue weighted by Crippen LogP contribution is 2.55. The van der Waals surface area contributed by atoms with Gasteiger partial charge in [0.2, 0.25) is 17.7 Å². The number of carbonyl (C=O) groups is 3. The summed E-state index contributed by atoms with van der Waals surface area (Å²) in [5, 5.41) is 6.33. The fourth-order valence-electron chi connectivity index (χ4n) is 7.79. The van der Waals surface area contributed by atoms with Gasteiger partial charge in [-0.15, -0.1) is 0 Å². The molecule has 4 fully saturated rings. The summed E-state index contributed by atoms with van der Waals surface area (Å²) in [4.78, 5) is 48.6. The minimum Gasteiger partial charge on any atom is -0.359 e. The molecule has 0 aromatic heterocycles. The second-order valence-corrected chi connectivity index (χ2v) is 13.1. The number of piperazine rings is 1. The van der Waals surface area contributed by atoms with Gasteiger partial charge in [0.1, 0.15) is 11.6 Å². The number of benzene rings is 1. The molecule has 9 nitrogen and oxygen atoms in total. The van der Waals surface area contributed by atoms with Crippen LogP contribution >= 0.6 is 0 Å². The molecule has 42 heavy (non-hydrogen) atoms. The van der Waals surface area contributed by atoms with Gasteiger partial charge in [-0.3, -0.25) is 19.3 Å². The Hall–Kier alpha value is -2.75. The number of carbonyl (C=O) groups excluding carboxylic acids is 3. The maximum absolute atomic E-state index is 14.3. The summed E-state index contributed by atoms with van der Waals surface area (Å²) in [6.45, 7) is 12.6. The molecule has 3 saturated heterocycles. The van der Waals surface area contributed by atoms with Gasteiger partial charge in [0.25, 0.3) is 0 Å². The molecule has 1 saturated carbocycles. The average molecular weight is 578 g/mol. The second-order valence-electron chi connectivity index (χ2n) is 13.1. The predicted molar refractivity (Wildman–Crippen MR) is 162 cm³/mol. The smallest absolute Gasteiger partial charge is 0.246 e. The number of hydrogen-bond donors (Lipinski definition) is 2. The highest BCUT2D eigenvalue weighted by Gasteiger charge is 2.72. The van der Waals surface area contributed by atoms with Crippen molar-refractivity contribution in [1.29, 1.82) is 0 Å². The lowest BCUT2D eigenvalue weighted by Gasteiger charge is -2.37. The Bertz CT molecular complexity index is 1190. The SMILES string of the molecule is CCN1CCN(CCN2C(=O)[C@H]3[C@@H](C(=O)Nc4ccc(C(C)C)cc4)[C@H]4C=C[C@@]3(O4)[C@H]2C(=O)NC2CCCCC2)CC1. The first kappa shape index (κ1) is 29.3. The molecule has 1 aromatic carbocycles. The largest absolute Gasteiger partial charge is 0.359 e. The van der Waals surface area contributed by atoms with Crippen LogP contribution in [0.3, 0.4) is 0 Å². The fourth-order valence-corrected chi connectivity index (χ4v) is 7.79. The van der Waals surface area contributed by atoms with Crippen molar-refractivity contribution in [1.82, 2.24) is 20.0 Å². The van der Waals surface area contributed by atoms with Crippen molar-refractivity contribution in [2.75, 3.05) is 51.1 Å². The Morgan fingerprint density at radius 2 is 1.67 bits per heavy atom. The summed E-state index contributed by atoms with van der Waals surface area (Å²) >= 11 is 0. The Labute approximate surface area is 250 Å². The van der Waals surface area contributed by atoms with E-state index in [2.05, 4.69) is 41.2 Å². The third kappa shape index (κ3) is 5.40. The minimum absolute atomic E-state index is 0.122. The number of rotatable bonds is 9. The molecule has 4 aliphatic heterocycles. The molecule has 5 aliphatic rings. The first-order chi connectivity index (χ1) is 20.3. The van der Waals surface area contributed by atoms with Crippen LogP contribution in [0.15, 0.2) is 36.4 Å². The molecular formula is C33H47N5O4. The number of nitrogens with one attached hydrogen (secondary N) is 2. The van der Waals surface area contributed by atoms with E-state index in [-0.39, 0.29) is 23.8 Å². The maximum atomic E-state index is 14.3. The average Bonchev–Trinajstić information content (AvgIpc) is 3.64. The Morgan fingerprint density at radius 3 is 2.33 bits per heavy atom. The van der Waals surface area contributed by atoms with Crippen LogP contribution in [0.5, 0.6) is 0 Å². The third-order valence-corrected chi connectivity index (χ3v) is 10.3. The normalized spacial score (nSPS) is 31.6. The molecule has 9 heteroatoms. The topological polar surface area (TPSA) is 94.2 Å². The zero-order chi connectivity index (χ0) is 29.4. The molecule has 6 rings (SSSR count). The van der Waals surface area contributed by atoms with Crippen molar-refractivity contribution in [3.05, 3.63) is 42.0 Å². The molecule has 3 amide bonds. The van der Waals surface area contributed by atoms with Gasteiger partial charge in [0.05, 0.1) is 17.9 Å². The lowest BCUT2D eigenvalue weighted by molar-refractivity contribution is -0.141. The monoisotopic (exact) mass is 577 g/mol. The van der Waals surface area contributed by atoms with Crippen LogP contribution in [0.25, 0.3) is 0 Å². The van der Waals surface area contributed by atoms with Gasteiger partial charge in [0, 0.05) is 51.0 Å². The first-order valence-corrected chi connectivity index (χ1v) is 16.1. The molecule has 2 bridgehead atoms. The lowest BCUT2D eigenvalue weighted by Crippen LogP contribution is -2.57. The molecule has 4 heterocycles. The minimum atomic E-state index is -1.12. The molecule has 5 atom stereocenters. The quantitative estimate of drug-likeness (QED) is 0.439. The van der Waals surface area contributed by atoms with E-state index < -0.39 is 29.6 Å². The van der Waals surface area contributed by atoms with E-state index in [4.69, 9.17) is 4.74 Å². The summed E-state index contributed by atoms with van der Waals surface area (Å²) < 4.78 is 6.53. The van der Waals surface area contributed by atoms with E-state index in [1.54, 1.807) is 4.90 Å². The molecule has 1 spiro atoms. The lowest BCUT2D eigenvalue weighted by atomic mass is 9.74. The summed E-state index contributed by atoms with van der Waals surface area (Å²) in [5.74, 6) is -1.53. The standard InChI is InChI=1S/C33H47N5O4/c1-4-36-16-18-37(19-17-36)20-21-38-29(31(40)35-24-8-6-5-7-9-24)33-15-14-26(42-33)27(28(33)32(38)41)30(39)34-25-12-10-23(11-13-25)22(2)3/h10-15,22,24,26-29H,4-9,16-21H2,1-3H3,(H,34,39)(H,35,40)/t26-,27+,28-,29-,33+/m1/s1. The van der Waals surface area contributed by atoms with Gasteiger partial charge < -0.3 is 25.2 Å². The number of ether oxygens (including phenoxy) is 1. The van der Waals surface area contributed by atoms with Crippen molar-refractivity contribution in [2.24, 2.45) is 11.8 Å². The second kappa shape index (κ2) is 12.1. The summed E-state index contributed by atoms with van der Waals surface area (Å²) in [5.41, 5.74) is 0.776. The van der Waals surface area contributed by atoms with Gasteiger partial charge in [-0.2, -0.15) is 0 Å². The van der Waals surface area contributed by atoms with Crippen LogP contribution in [-0.4, -0.2) is 102 Å². The van der Waals surface area contributed by atoms with Crippen molar-refractivity contribution in [2.45, 2.75) is 82.6 Å². The van der Waals surface area contributed by atoms with E-state index >= 15 is 0 Å². The van der Waals surface area contributed by atoms with Crippen molar-refractivity contribution in [3.63, 3.8) is 0 Å². The van der Waals surface area contributed by atoms with Crippen molar-refractivity contribution in [3.8, 4) is 0 Å². The van der Waals surface area contributed by atoms with Crippen LogP contribution < -0.4 is 10.6 Å². The van der Waals surface area contributed by atoms with Gasteiger partial charge in [0.15, 0.2) is 0 Å². The number of likely N-dealkylation sites (N-methyl/N-ethyl adjacent to an activating group) is 1. The third-order valence-electron chi connectivity index (χ3n) is 10.3. The van der Waals surface area contributed by atoms with Gasteiger partial charge in [-0.25, -0.2) is 0 Å². The van der Waals surface area contributed by atoms with E-state index in [0.29, 0.717) is 24.7 Å². The molecule has 0 unspecified atom stereocenters. The maximum Gasteiger partial charge on any atom is 0.246 e. The predicted octanol–water partition coefficient (Wildman–Crippen LogP) is 2.99. The Morgan fingerprint density at radius 1 is 0.976 bits per heavy atom. The molecule has 1 aliphatic carbocycles. The zero-order valence-electron chi connectivity index (χ0n) is 25.4. The number of fused-ring (bicyclic) bond motifs is 1. The highest BCUT2D eigenvalue weighted by atomic mass is 16.5. The molecule has 0 radical (unpaired) electrons. The van der Waals surface area contributed by atoms with Gasteiger partial charge in [-0.05, 0) is 43.0 Å². The number of likely N-dealkylation sites (tertiary alicyclic amines) is 1. The van der Waals surface area contributed by atoms with E-state index in [9.17, 15) is 14.4 Å². The number of amides is 3. The van der Waals surface area contributed by atoms with Crippen LogP contribution in [0, 0.1) is 11.8 Å². The summed E-state index contributed by atoms with van der Waals surface area (Å²) in [6, 6.07) is 7.21. The number of nitrogens with zero attached hydrogens (tertiary/aromatic N) is 3. The summed E-state index contributed by atoms with van der Waals surface area (Å²) in [7, 11) is 0. The van der Waals surface area contributed by atoms with E-state index in [1.807, 2.05) is 36.4 Å². The van der Waals surface area contributed by atoms with Crippen LogP contribution in [0.2, 0.25) is 0 Å². The van der Waals surface area contributed by atoms with E-state index in [1.165, 1.54) is 12.0 Å². The van der Waals surface area contributed by atoms with Crippen molar-refractivity contribution < 1.29 is 19.1 Å². The van der Waals surface area contributed by atoms with Crippen LogP contribution in [0.1, 0.15) is 64.4 Å². The highest BCUT2D eigenvalue weighted by molar-refractivity contribution is 6.02. The number of anilines is 1. The van der Waals surface area contributed by atoms with Gasteiger partial charge in [-0.1, -0.05) is 64.3 Å². The van der Waals surface area contributed by atoms with Crippen LogP contribution in [-0.2, 0) is 19.1 Å². The Balaban J connectivity index is 1.23. The Kier molecular flexibility index (Phi) is 8.44. The molecular weight excluding hydrogens is 530 g/mol. The summed E-state index contributed by atoms with van der Waals surface area (Å²) in [6.07, 6.45) is 8.61. The zero-order valence-corrected chi connectivity index (χ0v) is 25.4. The molecule has 2 N–H and O–H groups in total. The number of hydrogen-bond acceptors (Lipinski definition) is 6. The van der Waals surface area contributed by atoms with E-state index in [0.717, 1.165) is 58.4 Å².